The highest BCUT2D eigenvalue weighted by molar-refractivity contribution is 5.89. The number of benzene rings is 3. The van der Waals surface area contributed by atoms with Gasteiger partial charge in [-0.25, -0.2) is 0 Å². The van der Waals surface area contributed by atoms with Crippen LogP contribution in [-0.2, 0) is 0 Å². The molecule has 29 heavy (non-hydrogen) atoms. The highest BCUT2D eigenvalue weighted by Crippen LogP contribution is 2.27. The van der Waals surface area contributed by atoms with Crippen molar-refractivity contribution >= 4 is 22.5 Å². The largest absolute Gasteiger partial charge is 0.364 e. The number of hydrogen-bond acceptors (Lipinski definition) is 3. The molecule has 3 heteroatoms. The van der Waals surface area contributed by atoms with Crippen molar-refractivity contribution in [2.45, 2.75) is 0 Å². The molecule has 0 aliphatic heterocycles. The molecule has 0 aromatic heterocycles. The molecule has 0 heterocycles. The topological polar surface area (TPSA) is 50.8 Å². The first-order valence-electron chi connectivity index (χ1n) is 9.31. The van der Waals surface area contributed by atoms with Gasteiger partial charge in [0.05, 0.1) is 0 Å². The maximum atomic E-state index is 8.92. The summed E-state index contributed by atoms with van der Waals surface area (Å²) in [5.74, 6) is 0. The Kier molecular flexibility index (Phi) is 6.25. The zero-order valence-corrected chi connectivity index (χ0v) is 16.2. The van der Waals surface area contributed by atoms with Gasteiger partial charge in [0.25, 0.3) is 0 Å². The molecule has 3 rings (SSSR count). The summed E-state index contributed by atoms with van der Waals surface area (Å²) < 4.78 is 0. The molecule has 0 fully saturated rings. The molecule has 0 radical (unpaired) electrons. The number of nitrogens with zero attached hydrogens (tertiary/aromatic N) is 3. The summed E-state index contributed by atoms with van der Waals surface area (Å²) in [5.41, 5.74) is 4.37. The number of anilines is 1. The van der Waals surface area contributed by atoms with Crippen LogP contribution >= 0.6 is 0 Å². The van der Waals surface area contributed by atoms with Gasteiger partial charge in [-0.2, -0.15) is 10.5 Å². The Hall–Kier alpha value is -4.08. The van der Waals surface area contributed by atoms with Crippen molar-refractivity contribution in [3.8, 4) is 23.3 Å². The standard InChI is InChI=1S/C26H21N3/c1-3-13-29(14-4-2)26-11-9-22(10-12-26)24-8-7-23-16-20(5-6-25(23)17-24)15-21(18-27)19-28/h3-12,15-17H,1-2,13-14H2. The predicted molar refractivity (Wildman–Crippen MR) is 121 cm³/mol. The van der Waals surface area contributed by atoms with E-state index in [-0.39, 0.29) is 5.57 Å². The van der Waals surface area contributed by atoms with Crippen LogP contribution in [0.5, 0.6) is 0 Å². The van der Waals surface area contributed by atoms with Crippen LogP contribution in [0.1, 0.15) is 5.56 Å². The summed E-state index contributed by atoms with van der Waals surface area (Å²) in [6, 6.07) is 24.5. The summed E-state index contributed by atoms with van der Waals surface area (Å²) in [7, 11) is 0. The molecule has 0 saturated carbocycles. The number of fused-ring (bicyclic) bond motifs is 1. The number of rotatable bonds is 7. The van der Waals surface area contributed by atoms with Crippen molar-refractivity contribution in [1.29, 1.82) is 10.5 Å². The molecule has 0 atom stereocenters. The Labute approximate surface area is 171 Å². The molecule has 0 amide bonds. The van der Waals surface area contributed by atoms with Gasteiger partial charge in [0.15, 0.2) is 0 Å². The Morgan fingerprint density at radius 2 is 1.38 bits per heavy atom. The fourth-order valence-electron chi connectivity index (χ4n) is 3.25. The van der Waals surface area contributed by atoms with E-state index in [2.05, 4.69) is 60.5 Å². The fraction of sp³-hybridized carbons (Fsp3) is 0.0769. The third kappa shape index (κ3) is 4.61. The second-order valence-corrected chi connectivity index (χ2v) is 6.63. The van der Waals surface area contributed by atoms with Crippen molar-refractivity contribution in [2.75, 3.05) is 18.0 Å². The van der Waals surface area contributed by atoms with Crippen LogP contribution in [0.25, 0.3) is 28.0 Å². The number of nitriles is 2. The van der Waals surface area contributed by atoms with Crippen LogP contribution in [0.15, 0.2) is 91.5 Å². The molecule has 0 N–H and O–H groups in total. The zero-order chi connectivity index (χ0) is 20.6. The van der Waals surface area contributed by atoms with Gasteiger partial charge in [-0.05, 0) is 57.8 Å². The van der Waals surface area contributed by atoms with Gasteiger partial charge in [0.2, 0.25) is 0 Å². The molecule has 140 valence electrons. The highest BCUT2D eigenvalue weighted by atomic mass is 15.1. The first kappa shape index (κ1) is 19.7. The fourth-order valence-corrected chi connectivity index (χ4v) is 3.25. The van der Waals surface area contributed by atoms with Gasteiger partial charge in [0.1, 0.15) is 17.7 Å². The lowest BCUT2D eigenvalue weighted by molar-refractivity contribution is 0.957. The normalized spacial score (nSPS) is 9.86. The van der Waals surface area contributed by atoms with Crippen LogP contribution in [0.2, 0.25) is 0 Å². The maximum Gasteiger partial charge on any atom is 0.130 e. The van der Waals surface area contributed by atoms with E-state index in [0.29, 0.717) is 0 Å². The third-order valence-electron chi connectivity index (χ3n) is 4.68. The molecular formula is C26H21N3. The Morgan fingerprint density at radius 3 is 2.00 bits per heavy atom. The quantitative estimate of drug-likeness (QED) is 0.369. The van der Waals surface area contributed by atoms with E-state index in [4.69, 9.17) is 10.5 Å². The van der Waals surface area contributed by atoms with Crippen molar-refractivity contribution in [3.05, 3.63) is 97.1 Å². The summed E-state index contributed by atoms with van der Waals surface area (Å²) in [5, 5.41) is 20.0. The van der Waals surface area contributed by atoms with Crippen molar-refractivity contribution in [1.82, 2.24) is 0 Å². The average Bonchev–Trinajstić information content (AvgIpc) is 2.77. The zero-order valence-electron chi connectivity index (χ0n) is 16.2. The van der Waals surface area contributed by atoms with Gasteiger partial charge in [0, 0.05) is 18.8 Å². The summed E-state index contributed by atoms with van der Waals surface area (Å²) in [6.07, 6.45) is 5.38. The van der Waals surface area contributed by atoms with E-state index in [9.17, 15) is 0 Å². The molecule has 0 aliphatic rings. The van der Waals surface area contributed by atoms with Crippen LogP contribution in [0.3, 0.4) is 0 Å². The van der Waals surface area contributed by atoms with E-state index in [1.54, 1.807) is 6.08 Å². The van der Waals surface area contributed by atoms with Crippen LogP contribution in [-0.4, -0.2) is 13.1 Å². The number of allylic oxidation sites excluding steroid dienone is 1. The molecule has 3 aromatic rings. The minimum Gasteiger partial charge on any atom is -0.364 e. The lowest BCUT2D eigenvalue weighted by Gasteiger charge is -2.21. The second kappa shape index (κ2) is 9.22. The van der Waals surface area contributed by atoms with Gasteiger partial charge in [-0.1, -0.05) is 48.6 Å². The van der Waals surface area contributed by atoms with E-state index in [1.165, 1.54) is 0 Å². The van der Waals surface area contributed by atoms with Crippen molar-refractivity contribution in [2.24, 2.45) is 0 Å². The summed E-state index contributed by atoms with van der Waals surface area (Å²) in [4.78, 5) is 2.20. The van der Waals surface area contributed by atoms with E-state index in [0.717, 1.165) is 46.2 Å². The first-order chi connectivity index (χ1) is 14.2. The van der Waals surface area contributed by atoms with E-state index in [1.807, 2.05) is 42.5 Å². The Bertz CT molecular complexity index is 1130. The SMILES string of the molecule is C=CCN(CC=C)c1ccc(-c2ccc3cc(C=C(C#N)C#N)ccc3c2)cc1. The lowest BCUT2D eigenvalue weighted by Crippen LogP contribution is -2.22. The monoisotopic (exact) mass is 375 g/mol. The highest BCUT2D eigenvalue weighted by Gasteiger charge is 2.05. The van der Waals surface area contributed by atoms with Crippen LogP contribution in [0.4, 0.5) is 5.69 Å². The second-order valence-electron chi connectivity index (χ2n) is 6.63. The van der Waals surface area contributed by atoms with Crippen LogP contribution in [0, 0.1) is 22.7 Å². The molecule has 0 spiro atoms. The Morgan fingerprint density at radius 1 is 0.793 bits per heavy atom. The van der Waals surface area contributed by atoms with Crippen molar-refractivity contribution < 1.29 is 0 Å². The molecule has 3 nitrogen and oxygen atoms in total. The molecule has 0 saturated heterocycles. The van der Waals surface area contributed by atoms with Crippen molar-refractivity contribution in [3.63, 3.8) is 0 Å². The molecule has 0 aliphatic carbocycles. The third-order valence-corrected chi connectivity index (χ3v) is 4.68. The van der Waals surface area contributed by atoms with Gasteiger partial charge >= 0.3 is 0 Å². The molecule has 0 unspecified atom stereocenters. The molecule has 0 bridgehead atoms. The van der Waals surface area contributed by atoms with Gasteiger partial charge in [-0.15, -0.1) is 13.2 Å². The minimum atomic E-state index is 0.100. The lowest BCUT2D eigenvalue weighted by atomic mass is 9.99. The smallest absolute Gasteiger partial charge is 0.130 e. The summed E-state index contributed by atoms with van der Waals surface area (Å²) >= 11 is 0. The predicted octanol–water partition coefficient (Wildman–Crippen LogP) is 6.12. The Balaban J connectivity index is 1.90. The van der Waals surface area contributed by atoms with E-state index >= 15 is 0 Å². The first-order valence-corrected chi connectivity index (χ1v) is 9.31. The van der Waals surface area contributed by atoms with Crippen LogP contribution < -0.4 is 4.90 Å². The summed E-state index contributed by atoms with van der Waals surface area (Å²) in [6.45, 7) is 9.20. The van der Waals surface area contributed by atoms with E-state index < -0.39 is 0 Å². The minimum absolute atomic E-state index is 0.100. The molecular weight excluding hydrogens is 354 g/mol. The maximum absolute atomic E-state index is 8.92. The van der Waals surface area contributed by atoms with Gasteiger partial charge in [-0.3, -0.25) is 0 Å². The number of hydrogen-bond donors (Lipinski definition) is 0. The van der Waals surface area contributed by atoms with Gasteiger partial charge < -0.3 is 4.90 Å². The molecule has 3 aromatic carbocycles. The average molecular weight is 375 g/mol.